The lowest BCUT2D eigenvalue weighted by Gasteiger charge is -2.36. The number of likely N-dealkylation sites (N-methyl/N-ethyl adjacent to an activating group) is 1. The normalized spacial score (nSPS) is 16.1. The number of hydrogen-bond donors (Lipinski definition) is 1. The highest BCUT2D eigenvalue weighted by atomic mass is 127. The maximum atomic E-state index is 12.4. The summed E-state index contributed by atoms with van der Waals surface area (Å²) < 4.78 is 31.7. The maximum absolute atomic E-state index is 12.4. The van der Waals surface area contributed by atoms with E-state index in [1.807, 2.05) is 18.7 Å². The van der Waals surface area contributed by atoms with Gasteiger partial charge in [-0.25, -0.2) is 13.4 Å². The standard InChI is InChI=1S/C17H35N5O4S.HI/c1-6-7-18-17(19-14-16(23)20(4)5)21-8-10-22(11-9-21)27(24,25)13-12-26-15(2)3;/h15H,6-14H2,1-5H3,(H,18,19);1H. The highest BCUT2D eigenvalue weighted by Gasteiger charge is 2.28. The van der Waals surface area contributed by atoms with Crippen molar-refractivity contribution >= 4 is 45.9 Å². The molecular formula is C17H36IN5O4S. The Balaban J connectivity index is 0.00000729. The van der Waals surface area contributed by atoms with Gasteiger partial charge in [0.2, 0.25) is 15.9 Å². The summed E-state index contributed by atoms with van der Waals surface area (Å²) in [7, 11) is 0.0747. The monoisotopic (exact) mass is 533 g/mol. The molecule has 1 rings (SSSR count). The van der Waals surface area contributed by atoms with Gasteiger partial charge >= 0.3 is 0 Å². The van der Waals surface area contributed by atoms with Gasteiger partial charge in [-0.1, -0.05) is 6.92 Å². The molecule has 28 heavy (non-hydrogen) atoms. The lowest BCUT2D eigenvalue weighted by atomic mass is 10.4. The molecule has 9 nitrogen and oxygen atoms in total. The summed E-state index contributed by atoms with van der Waals surface area (Å²) in [5, 5.41) is 3.25. The molecule has 1 amide bonds. The highest BCUT2D eigenvalue weighted by Crippen LogP contribution is 2.09. The Morgan fingerprint density at radius 2 is 1.82 bits per heavy atom. The van der Waals surface area contributed by atoms with Gasteiger partial charge in [0.05, 0.1) is 18.5 Å². The quantitative estimate of drug-likeness (QED) is 0.263. The molecule has 0 spiro atoms. The minimum Gasteiger partial charge on any atom is -0.378 e. The van der Waals surface area contributed by atoms with E-state index in [0.29, 0.717) is 32.1 Å². The molecule has 0 saturated carbocycles. The molecule has 1 aliphatic rings. The lowest BCUT2D eigenvalue weighted by Crippen LogP contribution is -2.54. The fourth-order valence-electron chi connectivity index (χ4n) is 2.48. The van der Waals surface area contributed by atoms with Crippen molar-refractivity contribution in [2.45, 2.75) is 33.3 Å². The number of guanidine groups is 1. The molecule has 0 radical (unpaired) electrons. The van der Waals surface area contributed by atoms with Crippen LogP contribution in [0, 0.1) is 0 Å². The van der Waals surface area contributed by atoms with E-state index < -0.39 is 10.0 Å². The van der Waals surface area contributed by atoms with Gasteiger partial charge in [0.1, 0.15) is 6.54 Å². The average Bonchev–Trinajstić information content (AvgIpc) is 2.61. The van der Waals surface area contributed by atoms with Crippen LogP contribution in [0.25, 0.3) is 0 Å². The molecule has 1 saturated heterocycles. The zero-order valence-corrected chi connectivity index (χ0v) is 20.8. The molecule has 0 aliphatic carbocycles. The number of amides is 1. The predicted octanol–water partition coefficient (Wildman–Crippen LogP) is 0.421. The van der Waals surface area contributed by atoms with E-state index in [0.717, 1.165) is 13.0 Å². The topological polar surface area (TPSA) is 94.5 Å². The Hall–Kier alpha value is -0.660. The SMILES string of the molecule is CCCNC(=NCC(=O)N(C)C)N1CCN(S(=O)(=O)CCOC(C)C)CC1.I. The summed E-state index contributed by atoms with van der Waals surface area (Å²) >= 11 is 0. The van der Waals surface area contributed by atoms with E-state index in [2.05, 4.69) is 17.2 Å². The van der Waals surface area contributed by atoms with E-state index in [1.165, 1.54) is 9.21 Å². The summed E-state index contributed by atoms with van der Waals surface area (Å²) in [6.07, 6.45) is 0.954. The third-order valence-corrected chi connectivity index (χ3v) is 5.95. The third kappa shape index (κ3) is 9.70. The van der Waals surface area contributed by atoms with Crippen LogP contribution in [-0.2, 0) is 19.6 Å². The zero-order valence-electron chi connectivity index (χ0n) is 17.7. The van der Waals surface area contributed by atoms with E-state index in [-0.39, 0.29) is 54.9 Å². The van der Waals surface area contributed by atoms with E-state index in [1.54, 1.807) is 14.1 Å². The Morgan fingerprint density at radius 3 is 2.32 bits per heavy atom. The van der Waals surface area contributed by atoms with Crippen LogP contribution in [0.1, 0.15) is 27.2 Å². The van der Waals surface area contributed by atoms with Crippen molar-refractivity contribution < 1.29 is 17.9 Å². The number of carbonyl (C=O) groups excluding carboxylic acids is 1. The summed E-state index contributed by atoms with van der Waals surface area (Å²) in [5.74, 6) is 0.585. The fraction of sp³-hybridized carbons (Fsp3) is 0.882. The number of sulfonamides is 1. The molecule has 0 aromatic rings. The highest BCUT2D eigenvalue weighted by molar-refractivity contribution is 14.0. The minimum atomic E-state index is -3.32. The summed E-state index contributed by atoms with van der Waals surface area (Å²) in [5.41, 5.74) is 0. The van der Waals surface area contributed by atoms with Gasteiger partial charge in [0, 0.05) is 46.8 Å². The van der Waals surface area contributed by atoms with Gasteiger partial charge in [-0.3, -0.25) is 4.79 Å². The number of carbonyl (C=O) groups is 1. The van der Waals surface area contributed by atoms with Crippen molar-refractivity contribution in [3.05, 3.63) is 0 Å². The van der Waals surface area contributed by atoms with Crippen molar-refractivity contribution in [1.82, 2.24) is 19.4 Å². The van der Waals surface area contributed by atoms with Gasteiger partial charge in [-0.15, -0.1) is 24.0 Å². The van der Waals surface area contributed by atoms with Crippen molar-refractivity contribution in [3.8, 4) is 0 Å². The van der Waals surface area contributed by atoms with Crippen LogP contribution < -0.4 is 5.32 Å². The number of aliphatic imine (C=N–C) groups is 1. The molecule has 0 atom stereocenters. The second-order valence-corrected chi connectivity index (χ2v) is 9.06. The second kappa shape index (κ2) is 13.5. The number of rotatable bonds is 9. The molecular weight excluding hydrogens is 497 g/mol. The maximum Gasteiger partial charge on any atom is 0.243 e. The van der Waals surface area contributed by atoms with Crippen LogP contribution in [0.2, 0.25) is 0 Å². The molecule has 1 heterocycles. The first-order valence-corrected chi connectivity index (χ1v) is 11.1. The van der Waals surface area contributed by atoms with Crippen molar-refractivity contribution in [3.63, 3.8) is 0 Å². The van der Waals surface area contributed by atoms with Gasteiger partial charge < -0.3 is 19.9 Å². The average molecular weight is 533 g/mol. The Morgan fingerprint density at radius 1 is 1.21 bits per heavy atom. The number of nitrogens with zero attached hydrogens (tertiary/aromatic N) is 4. The van der Waals surface area contributed by atoms with E-state index in [9.17, 15) is 13.2 Å². The van der Waals surface area contributed by atoms with Gasteiger partial charge in [-0.2, -0.15) is 4.31 Å². The number of nitrogens with one attached hydrogen (secondary N) is 1. The Kier molecular flexibility index (Phi) is 13.2. The van der Waals surface area contributed by atoms with Crippen LogP contribution in [0.5, 0.6) is 0 Å². The molecule has 0 aromatic heterocycles. The van der Waals surface area contributed by atoms with Crippen molar-refractivity contribution in [1.29, 1.82) is 0 Å². The zero-order chi connectivity index (χ0) is 20.4. The first-order chi connectivity index (χ1) is 12.7. The minimum absolute atomic E-state index is 0. The first-order valence-electron chi connectivity index (χ1n) is 9.50. The fourth-order valence-corrected chi connectivity index (χ4v) is 3.77. The van der Waals surface area contributed by atoms with E-state index >= 15 is 0 Å². The summed E-state index contributed by atoms with van der Waals surface area (Å²) in [4.78, 5) is 19.7. The summed E-state index contributed by atoms with van der Waals surface area (Å²) in [6, 6.07) is 0. The lowest BCUT2D eigenvalue weighted by molar-refractivity contribution is -0.127. The Bertz CT molecular complexity index is 590. The van der Waals surface area contributed by atoms with Gasteiger partial charge in [0.15, 0.2) is 5.96 Å². The number of halogens is 1. The molecule has 166 valence electrons. The van der Waals surface area contributed by atoms with Crippen molar-refractivity contribution in [2.24, 2.45) is 4.99 Å². The third-order valence-electron chi connectivity index (χ3n) is 4.12. The van der Waals surface area contributed by atoms with Crippen molar-refractivity contribution in [2.75, 3.05) is 65.7 Å². The Labute approximate surface area is 186 Å². The van der Waals surface area contributed by atoms with Gasteiger partial charge in [-0.05, 0) is 20.3 Å². The van der Waals surface area contributed by atoms with Crippen LogP contribution in [0.15, 0.2) is 4.99 Å². The largest absolute Gasteiger partial charge is 0.378 e. The van der Waals surface area contributed by atoms with Crippen LogP contribution in [-0.4, -0.2) is 106 Å². The van der Waals surface area contributed by atoms with Gasteiger partial charge in [0.25, 0.3) is 0 Å². The number of piperazine rings is 1. The van der Waals surface area contributed by atoms with E-state index in [4.69, 9.17) is 4.74 Å². The smallest absolute Gasteiger partial charge is 0.243 e. The number of hydrogen-bond acceptors (Lipinski definition) is 5. The predicted molar refractivity (Wildman–Crippen MR) is 123 cm³/mol. The summed E-state index contributed by atoms with van der Waals surface area (Å²) in [6.45, 7) is 8.73. The molecule has 1 N–H and O–H groups in total. The molecule has 0 unspecified atom stereocenters. The van der Waals surface area contributed by atoms with Crippen LogP contribution in [0.3, 0.4) is 0 Å². The molecule has 0 aromatic carbocycles. The van der Waals surface area contributed by atoms with Crippen LogP contribution in [0.4, 0.5) is 0 Å². The molecule has 11 heteroatoms. The van der Waals surface area contributed by atoms with Crippen LogP contribution >= 0.6 is 24.0 Å². The molecule has 1 fully saturated rings. The second-order valence-electron chi connectivity index (χ2n) is 6.98. The molecule has 0 bridgehead atoms. The first kappa shape index (κ1) is 27.3. The molecule has 1 aliphatic heterocycles. The number of ether oxygens (including phenoxy) is 1.